The molecule has 1 aliphatic carbocycles. The smallest absolute Gasteiger partial charge is 0.260 e. The molecule has 2 aromatic carbocycles. The minimum Gasteiger partial charge on any atom is -0.356 e. The van der Waals surface area contributed by atoms with E-state index in [4.69, 9.17) is 28.7 Å². The van der Waals surface area contributed by atoms with Crippen molar-refractivity contribution in [1.29, 1.82) is 0 Å². The van der Waals surface area contributed by atoms with Gasteiger partial charge in [0.1, 0.15) is 11.6 Å². The molecule has 0 radical (unpaired) electrons. The molecule has 2 aliphatic rings. The molecule has 1 fully saturated rings. The van der Waals surface area contributed by atoms with Crippen LogP contribution in [0.4, 0.5) is 5.82 Å². The van der Waals surface area contributed by atoms with E-state index in [0.29, 0.717) is 10.8 Å². The number of terminal acetylenes is 1. The van der Waals surface area contributed by atoms with Gasteiger partial charge in [0.2, 0.25) is 0 Å². The van der Waals surface area contributed by atoms with Gasteiger partial charge in [-0.1, -0.05) is 29.7 Å². The van der Waals surface area contributed by atoms with Gasteiger partial charge in [0.25, 0.3) is 5.56 Å². The van der Waals surface area contributed by atoms with Crippen LogP contribution in [0.3, 0.4) is 0 Å². The Labute approximate surface area is 192 Å². The van der Waals surface area contributed by atoms with Crippen molar-refractivity contribution < 1.29 is 0 Å². The fraction of sp³-hybridized carbons (Fsp3) is 0.308. The molecule has 162 valence electrons. The molecule has 3 aromatic rings. The van der Waals surface area contributed by atoms with Gasteiger partial charge in [-0.25, -0.2) is 4.98 Å². The molecular weight excluding hydrogens is 420 g/mol. The number of halogens is 1. The molecule has 0 amide bonds. The van der Waals surface area contributed by atoms with Crippen LogP contribution in [-0.2, 0) is 6.42 Å². The number of nitrogens with two attached hydrogens (primary N) is 1. The molecule has 0 saturated carbocycles. The van der Waals surface area contributed by atoms with Crippen LogP contribution in [0.5, 0.6) is 0 Å². The maximum atomic E-state index is 12.9. The zero-order valence-electron chi connectivity index (χ0n) is 18.0. The fourth-order valence-electron chi connectivity index (χ4n) is 5.31. The van der Waals surface area contributed by atoms with Crippen molar-refractivity contribution >= 4 is 17.4 Å². The Hall–Kier alpha value is -3.07. The highest BCUT2D eigenvalue weighted by molar-refractivity contribution is 6.30. The van der Waals surface area contributed by atoms with Crippen LogP contribution in [0.2, 0.25) is 5.02 Å². The molecule has 1 aliphatic heterocycles. The first kappa shape index (κ1) is 20.8. The highest BCUT2D eigenvalue weighted by Crippen LogP contribution is 2.51. The second-order valence-corrected chi connectivity index (χ2v) is 9.31. The number of aromatic nitrogens is 2. The van der Waals surface area contributed by atoms with E-state index in [0.717, 1.165) is 49.4 Å². The number of anilines is 1. The van der Waals surface area contributed by atoms with E-state index in [1.807, 2.05) is 25.1 Å². The quantitative estimate of drug-likeness (QED) is 0.606. The Morgan fingerprint density at radius 2 is 1.97 bits per heavy atom. The minimum absolute atomic E-state index is 0.0111. The molecule has 1 aromatic heterocycles. The Kier molecular flexibility index (Phi) is 5.08. The summed E-state index contributed by atoms with van der Waals surface area (Å²) in [6, 6.07) is 15.1. The summed E-state index contributed by atoms with van der Waals surface area (Å²) in [5.74, 6) is 4.09. The standard InChI is InChI=1S/C26H25ClN4O/c1-3-18-7-8-22-19(13-18)16-26(25(22)28)9-11-30(12-10-26)23-15-24(32)31(17(2)29-23)21-6-4-5-20(27)14-21/h1,4-8,13-15,25H,9-12,16,28H2,2H3/t25-/m1/s1. The van der Waals surface area contributed by atoms with Gasteiger partial charge in [0, 0.05) is 35.8 Å². The third-order valence-corrected chi connectivity index (χ3v) is 7.30. The lowest BCUT2D eigenvalue weighted by Crippen LogP contribution is -2.45. The molecule has 1 saturated heterocycles. The van der Waals surface area contributed by atoms with Crippen LogP contribution in [0.1, 0.15) is 41.4 Å². The average Bonchev–Trinajstić information content (AvgIpc) is 3.04. The van der Waals surface area contributed by atoms with Gasteiger partial charge in [0.15, 0.2) is 0 Å². The van der Waals surface area contributed by atoms with Crippen molar-refractivity contribution in [2.45, 2.75) is 32.2 Å². The van der Waals surface area contributed by atoms with E-state index in [-0.39, 0.29) is 17.0 Å². The number of nitrogens with zero attached hydrogens (tertiary/aromatic N) is 3. The molecular formula is C26H25ClN4O. The number of hydrogen-bond donors (Lipinski definition) is 1. The van der Waals surface area contributed by atoms with E-state index >= 15 is 0 Å². The number of piperidine rings is 1. The molecule has 0 bridgehead atoms. The van der Waals surface area contributed by atoms with Gasteiger partial charge in [0.05, 0.1) is 5.69 Å². The van der Waals surface area contributed by atoms with Crippen molar-refractivity contribution in [3.05, 3.63) is 86.4 Å². The molecule has 0 unspecified atom stereocenters. The summed E-state index contributed by atoms with van der Waals surface area (Å²) < 4.78 is 1.59. The molecule has 1 atom stereocenters. The zero-order chi connectivity index (χ0) is 22.5. The molecule has 2 heterocycles. The summed E-state index contributed by atoms with van der Waals surface area (Å²) in [4.78, 5) is 19.9. The van der Waals surface area contributed by atoms with E-state index in [9.17, 15) is 4.79 Å². The number of benzene rings is 2. The number of hydrogen-bond acceptors (Lipinski definition) is 4. The molecule has 32 heavy (non-hydrogen) atoms. The van der Waals surface area contributed by atoms with Crippen LogP contribution in [0, 0.1) is 24.7 Å². The van der Waals surface area contributed by atoms with Crippen LogP contribution in [0.25, 0.3) is 5.69 Å². The first-order valence-electron chi connectivity index (χ1n) is 10.9. The third-order valence-electron chi connectivity index (χ3n) is 7.07. The third kappa shape index (κ3) is 3.40. The van der Waals surface area contributed by atoms with Crippen molar-refractivity contribution in [2.75, 3.05) is 18.0 Å². The summed E-state index contributed by atoms with van der Waals surface area (Å²) in [6.45, 7) is 3.48. The normalized spacial score (nSPS) is 19.1. The van der Waals surface area contributed by atoms with E-state index in [1.165, 1.54) is 11.1 Å². The van der Waals surface area contributed by atoms with E-state index in [2.05, 4.69) is 23.0 Å². The second-order valence-electron chi connectivity index (χ2n) is 8.88. The summed E-state index contributed by atoms with van der Waals surface area (Å²) in [5, 5.41) is 0.586. The number of rotatable bonds is 2. The molecule has 1 spiro atoms. The Morgan fingerprint density at radius 3 is 2.66 bits per heavy atom. The van der Waals surface area contributed by atoms with Crippen molar-refractivity contribution in [3.63, 3.8) is 0 Å². The van der Waals surface area contributed by atoms with E-state index < -0.39 is 0 Å². The largest absolute Gasteiger partial charge is 0.356 e. The SMILES string of the molecule is C#Cc1ccc2c(c1)CC1(CCN(c3cc(=O)n(-c4cccc(Cl)c4)c(C)n3)CC1)[C@@H]2N. The van der Waals surface area contributed by atoms with E-state index in [1.54, 1.807) is 22.8 Å². The van der Waals surface area contributed by atoms with Crippen molar-refractivity contribution in [2.24, 2.45) is 11.1 Å². The van der Waals surface area contributed by atoms with Gasteiger partial charge in [-0.2, -0.15) is 0 Å². The maximum Gasteiger partial charge on any atom is 0.260 e. The van der Waals surface area contributed by atoms with Crippen molar-refractivity contribution in [1.82, 2.24) is 9.55 Å². The van der Waals surface area contributed by atoms with Gasteiger partial charge in [-0.3, -0.25) is 9.36 Å². The minimum atomic E-state index is -0.109. The summed E-state index contributed by atoms with van der Waals surface area (Å²) in [7, 11) is 0. The predicted molar refractivity (Wildman–Crippen MR) is 128 cm³/mol. The highest BCUT2D eigenvalue weighted by atomic mass is 35.5. The monoisotopic (exact) mass is 444 g/mol. The molecule has 5 nitrogen and oxygen atoms in total. The Morgan fingerprint density at radius 1 is 1.19 bits per heavy atom. The van der Waals surface area contributed by atoms with Crippen LogP contribution < -0.4 is 16.2 Å². The molecule has 5 rings (SSSR count). The zero-order valence-corrected chi connectivity index (χ0v) is 18.8. The van der Waals surface area contributed by atoms with Crippen LogP contribution in [-0.4, -0.2) is 22.6 Å². The average molecular weight is 445 g/mol. The Bertz CT molecular complexity index is 1300. The maximum absolute atomic E-state index is 12.9. The lowest BCUT2D eigenvalue weighted by Gasteiger charge is -2.42. The van der Waals surface area contributed by atoms with Crippen LogP contribution >= 0.6 is 11.6 Å². The topological polar surface area (TPSA) is 64.2 Å². The van der Waals surface area contributed by atoms with Crippen LogP contribution in [0.15, 0.2) is 53.3 Å². The number of aryl methyl sites for hydroxylation is 1. The summed E-state index contributed by atoms with van der Waals surface area (Å²) in [5.41, 5.74) is 10.8. The predicted octanol–water partition coefficient (Wildman–Crippen LogP) is 4.02. The lowest BCUT2D eigenvalue weighted by molar-refractivity contribution is 0.187. The van der Waals surface area contributed by atoms with Gasteiger partial charge in [-0.05, 0) is 73.1 Å². The Balaban J connectivity index is 1.37. The van der Waals surface area contributed by atoms with Crippen molar-refractivity contribution in [3.8, 4) is 18.0 Å². The summed E-state index contributed by atoms with van der Waals surface area (Å²) >= 11 is 6.11. The highest BCUT2D eigenvalue weighted by Gasteiger charge is 2.46. The first-order valence-corrected chi connectivity index (χ1v) is 11.2. The first-order chi connectivity index (χ1) is 15.4. The number of fused-ring (bicyclic) bond motifs is 1. The second kappa shape index (κ2) is 7.81. The molecule has 6 heteroatoms. The fourth-order valence-corrected chi connectivity index (χ4v) is 5.50. The summed E-state index contributed by atoms with van der Waals surface area (Å²) in [6.07, 6.45) is 8.44. The lowest BCUT2D eigenvalue weighted by atomic mass is 9.73. The van der Waals surface area contributed by atoms with Gasteiger partial charge >= 0.3 is 0 Å². The molecule has 2 N–H and O–H groups in total. The van der Waals surface area contributed by atoms with Gasteiger partial charge in [-0.15, -0.1) is 6.42 Å². The van der Waals surface area contributed by atoms with Gasteiger partial charge < -0.3 is 10.6 Å².